The Morgan fingerprint density at radius 1 is 1.16 bits per heavy atom. The lowest BCUT2D eigenvalue weighted by atomic mass is 10.1. The molecule has 2 rings (SSSR count). The van der Waals surface area contributed by atoms with Gasteiger partial charge in [0.25, 0.3) is 0 Å². The van der Waals surface area contributed by atoms with Crippen molar-refractivity contribution in [2.45, 2.75) is 0 Å². The third kappa shape index (κ3) is 3.86. The van der Waals surface area contributed by atoms with Gasteiger partial charge in [-0.3, -0.25) is 4.79 Å². The van der Waals surface area contributed by atoms with Crippen molar-refractivity contribution in [3.63, 3.8) is 0 Å². The standard InChI is InChI=1S/C15H12ClNO2/c16-12-6-4-11(5-7-12)15(19)8-9-17-13-2-1-3-14(18)10-13/h1-10,17-18H/b9-8+. The molecular formula is C15H12ClNO2. The first kappa shape index (κ1) is 13.2. The third-order valence-corrected chi connectivity index (χ3v) is 2.71. The minimum atomic E-state index is -0.121. The molecule has 0 bridgehead atoms. The van der Waals surface area contributed by atoms with Gasteiger partial charge in [-0.1, -0.05) is 17.7 Å². The molecule has 0 amide bonds. The highest BCUT2D eigenvalue weighted by molar-refractivity contribution is 6.30. The molecule has 3 nitrogen and oxygen atoms in total. The molecule has 0 saturated carbocycles. The minimum absolute atomic E-state index is 0.121. The summed E-state index contributed by atoms with van der Waals surface area (Å²) in [7, 11) is 0. The van der Waals surface area contributed by atoms with Gasteiger partial charge in [-0.25, -0.2) is 0 Å². The molecule has 0 saturated heterocycles. The molecule has 0 fully saturated rings. The van der Waals surface area contributed by atoms with Crippen molar-refractivity contribution in [3.8, 4) is 5.75 Å². The van der Waals surface area contributed by atoms with Crippen LogP contribution in [-0.4, -0.2) is 10.9 Å². The van der Waals surface area contributed by atoms with Crippen LogP contribution in [0.15, 0.2) is 60.8 Å². The summed E-state index contributed by atoms with van der Waals surface area (Å²) in [4.78, 5) is 11.8. The predicted octanol–water partition coefficient (Wildman–Crippen LogP) is 3.85. The molecule has 0 heterocycles. The summed E-state index contributed by atoms with van der Waals surface area (Å²) >= 11 is 5.75. The molecule has 4 heteroatoms. The predicted molar refractivity (Wildman–Crippen MR) is 76.7 cm³/mol. The van der Waals surface area contributed by atoms with Crippen molar-refractivity contribution in [1.82, 2.24) is 0 Å². The summed E-state index contributed by atoms with van der Waals surface area (Å²) in [6.45, 7) is 0. The van der Waals surface area contributed by atoms with Crippen LogP contribution in [0.2, 0.25) is 5.02 Å². The molecule has 0 atom stereocenters. The largest absolute Gasteiger partial charge is 0.508 e. The lowest BCUT2D eigenvalue weighted by Gasteiger charge is -2.00. The average molecular weight is 274 g/mol. The number of nitrogens with one attached hydrogen (secondary N) is 1. The first-order valence-corrected chi connectivity index (χ1v) is 6.05. The molecule has 2 aromatic carbocycles. The highest BCUT2D eigenvalue weighted by Gasteiger charge is 2.00. The first-order chi connectivity index (χ1) is 9.15. The third-order valence-electron chi connectivity index (χ3n) is 2.46. The number of anilines is 1. The van der Waals surface area contributed by atoms with Crippen molar-refractivity contribution in [3.05, 3.63) is 71.4 Å². The second-order valence-electron chi connectivity index (χ2n) is 3.90. The van der Waals surface area contributed by atoms with E-state index in [2.05, 4.69) is 5.32 Å². The topological polar surface area (TPSA) is 49.3 Å². The first-order valence-electron chi connectivity index (χ1n) is 5.67. The quantitative estimate of drug-likeness (QED) is 0.657. The van der Waals surface area contributed by atoms with Gasteiger partial charge in [0.05, 0.1) is 0 Å². The summed E-state index contributed by atoms with van der Waals surface area (Å²) in [5.41, 5.74) is 1.28. The Hall–Kier alpha value is -2.26. The molecule has 2 aromatic rings. The number of phenols is 1. The fourth-order valence-electron chi connectivity index (χ4n) is 1.52. The molecule has 2 N–H and O–H groups in total. The molecule has 0 aromatic heterocycles. The van der Waals surface area contributed by atoms with Crippen LogP contribution in [0.3, 0.4) is 0 Å². The molecule has 0 aliphatic heterocycles. The number of hydrogen-bond acceptors (Lipinski definition) is 3. The Morgan fingerprint density at radius 3 is 2.58 bits per heavy atom. The van der Waals surface area contributed by atoms with Crippen molar-refractivity contribution >= 4 is 23.1 Å². The maximum atomic E-state index is 11.8. The van der Waals surface area contributed by atoms with Crippen molar-refractivity contribution in [2.75, 3.05) is 5.32 Å². The minimum Gasteiger partial charge on any atom is -0.508 e. The van der Waals surface area contributed by atoms with Gasteiger partial charge in [-0.05, 0) is 36.4 Å². The summed E-state index contributed by atoms with van der Waals surface area (Å²) < 4.78 is 0. The van der Waals surface area contributed by atoms with E-state index < -0.39 is 0 Å². The van der Waals surface area contributed by atoms with Gasteiger partial charge in [0.2, 0.25) is 0 Å². The SMILES string of the molecule is O=C(/C=C/Nc1cccc(O)c1)c1ccc(Cl)cc1. The van der Waals surface area contributed by atoms with Gasteiger partial charge in [0, 0.05) is 34.6 Å². The number of hydrogen-bond donors (Lipinski definition) is 2. The number of allylic oxidation sites excluding steroid dienone is 1. The molecule has 0 aliphatic carbocycles. The molecule has 0 radical (unpaired) electrons. The molecule has 96 valence electrons. The number of ketones is 1. The number of carbonyl (C=O) groups is 1. The molecule has 0 spiro atoms. The van der Waals surface area contributed by atoms with Crippen LogP contribution < -0.4 is 5.32 Å². The van der Waals surface area contributed by atoms with E-state index in [1.165, 1.54) is 12.3 Å². The molecule has 0 unspecified atom stereocenters. The molecule has 0 aliphatic rings. The lowest BCUT2D eigenvalue weighted by molar-refractivity contribution is 0.104. The van der Waals surface area contributed by atoms with Crippen molar-refractivity contribution in [2.24, 2.45) is 0 Å². The summed E-state index contributed by atoms with van der Waals surface area (Å²) in [5.74, 6) is 0.0479. The zero-order valence-electron chi connectivity index (χ0n) is 10.0. The van der Waals surface area contributed by atoms with Crippen LogP contribution in [0.4, 0.5) is 5.69 Å². The Balaban J connectivity index is 1.99. The summed E-state index contributed by atoms with van der Waals surface area (Å²) in [6, 6.07) is 13.3. The summed E-state index contributed by atoms with van der Waals surface area (Å²) in [6.07, 6.45) is 2.96. The number of rotatable bonds is 4. The number of halogens is 1. The monoisotopic (exact) mass is 273 g/mol. The van der Waals surface area contributed by atoms with Crippen LogP contribution in [0, 0.1) is 0 Å². The number of aromatic hydroxyl groups is 1. The van der Waals surface area contributed by atoms with E-state index in [1.54, 1.807) is 48.5 Å². The van der Waals surface area contributed by atoms with Crippen molar-refractivity contribution in [1.29, 1.82) is 0 Å². The number of benzene rings is 2. The van der Waals surface area contributed by atoms with Crippen LogP contribution in [0.1, 0.15) is 10.4 Å². The van der Waals surface area contributed by atoms with Crippen molar-refractivity contribution < 1.29 is 9.90 Å². The summed E-state index contributed by atoms with van der Waals surface area (Å²) in [5, 5.41) is 12.8. The molecule has 19 heavy (non-hydrogen) atoms. The highest BCUT2D eigenvalue weighted by Crippen LogP contribution is 2.15. The van der Waals surface area contributed by atoms with Gasteiger partial charge in [0.15, 0.2) is 5.78 Å². The Kier molecular flexibility index (Phi) is 4.21. The average Bonchev–Trinajstić information content (AvgIpc) is 2.39. The van der Waals surface area contributed by atoms with Gasteiger partial charge < -0.3 is 10.4 Å². The normalized spacial score (nSPS) is 10.6. The Morgan fingerprint density at radius 2 is 1.89 bits per heavy atom. The maximum Gasteiger partial charge on any atom is 0.187 e. The van der Waals surface area contributed by atoms with Gasteiger partial charge in [0.1, 0.15) is 5.75 Å². The number of carbonyl (C=O) groups excluding carboxylic acids is 1. The van der Waals surface area contributed by atoms with E-state index in [0.717, 1.165) is 0 Å². The van der Waals surface area contributed by atoms with E-state index in [9.17, 15) is 9.90 Å². The van der Waals surface area contributed by atoms with E-state index in [-0.39, 0.29) is 11.5 Å². The lowest BCUT2D eigenvalue weighted by Crippen LogP contribution is -1.95. The maximum absolute atomic E-state index is 11.8. The van der Waals surface area contributed by atoms with E-state index >= 15 is 0 Å². The van der Waals surface area contributed by atoms with Crippen LogP contribution >= 0.6 is 11.6 Å². The smallest absolute Gasteiger partial charge is 0.187 e. The second-order valence-corrected chi connectivity index (χ2v) is 4.34. The highest BCUT2D eigenvalue weighted by atomic mass is 35.5. The Bertz CT molecular complexity index is 606. The van der Waals surface area contributed by atoms with Gasteiger partial charge in [-0.2, -0.15) is 0 Å². The van der Waals surface area contributed by atoms with Crippen LogP contribution in [0.25, 0.3) is 0 Å². The fourth-order valence-corrected chi connectivity index (χ4v) is 1.65. The fraction of sp³-hybridized carbons (Fsp3) is 0. The second kappa shape index (κ2) is 6.07. The Labute approximate surface area is 116 Å². The zero-order chi connectivity index (χ0) is 13.7. The van der Waals surface area contributed by atoms with E-state index in [1.807, 2.05) is 0 Å². The zero-order valence-corrected chi connectivity index (χ0v) is 10.8. The number of phenolic OH excluding ortho intramolecular Hbond substituents is 1. The van der Waals surface area contributed by atoms with Crippen LogP contribution in [0.5, 0.6) is 5.75 Å². The van der Waals surface area contributed by atoms with Gasteiger partial charge >= 0.3 is 0 Å². The van der Waals surface area contributed by atoms with Gasteiger partial charge in [-0.15, -0.1) is 0 Å². The van der Waals surface area contributed by atoms with Crippen LogP contribution in [-0.2, 0) is 0 Å². The van der Waals surface area contributed by atoms with E-state index in [0.29, 0.717) is 16.3 Å². The molecular weight excluding hydrogens is 262 g/mol. The van der Waals surface area contributed by atoms with E-state index in [4.69, 9.17) is 11.6 Å².